The lowest BCUT2D eigenvalue weighted by Gasteiger charge is -2.28. The summed E-state index contributed by atoms with van der Waals surface area (Å²) in [5.74, 6) is -0.152. The van der Waals surface area contributed by atoms with Gasteiger partial charge in [-0.05, 0) is 49.4 Å². The molecule has 0 spiro atoms. The summed E-state index contributed by atoms with van der Waals surface area (Å²) in [5, 5.41) is 3.58. The first-order valence-electron chi connectivity index (χ1n) is 7.41. The molecule has 0 aromatic heterocycles. The van der Waals surface area contributed by atoms with E-state index in [1.165, 1.54) is 17.2 Å². The first-order valence-corrected chi connectivity index (χ1v) is 8.20. The lowest BCUT2D eigenvalue weighted by molar-refractivity contribution is 0.405. The molecule has 0 fully saturated rings. The summed E-state index contributed by atoms with van der Waals surface area (Å²) in [5.41, 5.74) is 3.61. The molecule has 1 N–H and O–H groups in total. The Labute approximate surface area is 133 Å². The van der Waals surface area contributed by atoms with Crippen molar-refractivity contribution in [1.82, 2.24) is 5.32 Å². The number of benzene rings is 2. The minimum Gasteiger partial charge on any atom is -0.307 e. The summed E-state index contributed by atoms with van der Waals surface area (Å²) in [6.45, 7) is 2.03. The molecule has 0 amide bonds. The molecule has 0 aliphatic heterocycles. The fraction of sp³-hybridized carbons (Fsp3) is 0.333. The minimum absolute atomic E-state index is 0.0216. The smallest absolute Gasteiger partial charge is 0.129 e. The van der Waals surface area contributed by atoms with Gasteiger partial charge in [-0.25, -0.2) is 4.39 Å². The second-order valence-electron chi connectivity index (χ2n) is 5.76. The van der Waals surface area contributed by atoms with Crippen molar-refractivity contribution in [3.8, 4) is 0 Å². The summed E-state index contributed by atoms with van der Waals surface area (Å²) in [7, 11) is 0. The number of rotatable bonds is 3. The van der Waals surface area contributed by atoms with Gasteiger partial charge in [-0.1, -0.05) is 46.3 Å². The highest BCUT2D eigenvalue weighted by molar-refractivity contribution is 9.10. The number of nitrogens with one attached hydrogen (secondary N) is 1. The van der Waals surface area contributed by atoms with Crippen LogP contribution in [0.25, 0.3) is 0 Å². The normalized spacial score (nSPS) is 19.1. The molecule has 0 heterocycles. The zero-order chi connectivity index (χ0) is 14.8. The molecule has 1 aliphatic carbocycles. The van der Waals surface area contributed by atoms with E-state index in [2.05, 4.69) is 45.5 Å². The molecule has 2 aromatic carbocycles. The second-order valence-corrected chi connectivity index (χ2v) is 6.68. The van der Waals surface area contributed by atoms with Crippen LogP contribution in [0.3, 0.4) is 0 Å². The van der Waals surface area contributed by atoms with Crippen molar-refractivity contribution in [3.05, 3.63) is 69.4 Å². The van der Waals surface area contributed by atoms with Gasteiger partial charge in [0.1, 0.15) is 5.82 Å². The molecule has 3 rings (SSSR count). The molecule has 0 radical (unpaired) electrons. The average Bonchev–Trinajstić information content (AvgIpc) is 2.47. The van der Waals surface area contributed by atoms with Crippen molar-refractivity contribution in [2.45, 2.75) is 38.3 Å². The maximum Gasteiger partial charge on any atom is 0.129 e. The fourth-order valence-corrected chi connectivity index (χ4v) is 3.47. The van der Waals surface area contributed by atoms with Gasteiger partial charge in [0.15, 0.2) is 0 Å². The highest BCUT2D eigenvalue weighted by Gasteiger charge is 2.21. The lowest BCUT2D eigenvalue weighted by atomic mass is 9.88. The van der Waals surface area contributed by atoms with Crippen LogP contribution in [0.2, 0.25) is 0 Å². The fourth-order valence-electron chi connectivity index (χ4n) is 3.14. The third kappa shape index (κ3) is 3.35. The van der Waals surface area contributed by atoms with Crippen LogP contribution in [0, 0.1) is 5.82 Å². The Balaban J connectivity index is 1.70. The van der Waals surface area contributed by atoms with Gasteiger partial charge < -0.3 is 5.32 Å². The molecule has 2 atom stereocenters. The number of hydrogen-bond acceptors (Lipinski definition) is 1. The topological polar surface area (TPSA) is 12.0 Å². The molecule has 2 unspecified atom stereocenters. The van der Waals surface area contributed by atoms with Gasteiger partial charge in [0.25, 0.3) is 0 Å². The summed E-state index contributed by atoms with van der Waals surface area (Å²) in [6, 6.07) is 14.3. The van der Waals surface area contributed by atoms with Gasteiger partial charge in [0.2, 0.25) is 0 Å². The Hall–Kier alpha value is -1.19. The minimum atomic E-state index is -0.152. The van der Waals surface area contributed by atoms with E-state index >= 15 is 0 Å². The predicted molar refractivity (Wildman–Crippen MR) is 87.9 cm³/mol. The first-order chi connectivity index (χ1) is 10.1. The average molecular weight is 348 g/mol. The Morgan fingerprint density at radius 2 is 1.95 bits per heavy atom. The van der Waals surface area contributed by atoms with Gasteiger partial charge in [-0.2, -0.15) is 0 Å². The second kappa shape index (κ2) is 6.29. The van der Waals surface area contributed by atoms with E-state index in [9.17, 15) is 4.39 Å². The molecule has 21 heavy (non-hydrogen) atoms. The van der Waals surface area contributed by atoms with E-state index < -0.39 is 0 Å². The van der Waals surface area contributed by atoms with Crippen LogP contribution in [-0.2, 0) is 12.8 Å². The van der Waals surface area contributed by atoms with Gasteiger partial charge in [-0.15, -0.1) is 0 Å². The molecule has 3 heteroatoms. The van der Waals surface area contributed by atoms with E-state index in [1.807, 2.05) is 19.1 Å². The monoisotopic (exact) mass is 347 g/mol. The van der Waals surface area contributed by atoms with Crippen LogP contribution < -0.4 is 5.32 Å². The SMILES string of the molecule is CC(NC1CCc2ccccc2C1)c1ccc(Br)cc1F. The molecule has 110 valence electrons. The van der Waals surface area contributed by atoms with Gasteiger partial charge in [0, 0.05) is 22.1 Å². The highest BCUT2D eigenvalue weighted by Crippen LogP contribution is 2.25. The number of halogens is 2. The van der Waals surface area contributed by atoms with Crippen molar-refractivity contribution in [2.24, 2.45) is 0 Å². The quantitative estimate of drug-likeness (QED) is 0.841. The van der Waals surface area contributed by atoms with Crippen molar-refractivity contribution in [2.75, 3.05) is 0 Å². The molecule has 1 aliphatic rings. The largest absolute Gasteiger partial charge is 0.307 e. The van der Waals surface area contributed by atoms with E-state index in [4.69, 9.17) is 0 Å². The van der Waals surface area contributed by atoms with E-state index in [-0.39, 0.29) is 11.9 Å². The zero-order valence-corrected chi connectivity index (χ0v) is 13.7. The van der Waals surface area contributed by atoms with Gasteiger partial charge in [0.05, 0.1) is 0 Å². The molecular formula is C18H19BrFN. The van der Waals surface area contributed by atoms with Crippen LogP contribution in [0.1, 0.15) is 36.1 Å². The summed E-state index contributed by atoms with van der Waals surface area (Å²) >= 11 is 3.30. The van der Waals surface area contributed by atoms with E-state index in [0.717, 1.165) is 29.3 Å². The van der Waals surface area contributed by atoms with Crippen LogP contribution in [0.4, 0.5) is 4.39 Å². The molecule has 0 saturated heterocycles. The van der Waals surface area contributed by atoms with Crippen LogP contribution in [-0.4, -0.2) is 6.04 Å². The third-order valence-corrected chi connectivity index (χ3v) is 4.75. The van der Waals surface area contributed by atoms with Crippen molar-refractivity contribution in [1.29, 1.82) is 0 Å². The summed E-state index contributed by atoms with van der Waals surface area (Å²) in [6.07, 6.45) is 3.24. The Morgan fingerprint density at radius 1 is 1.19 bits per heavy atom. The zero-order valence-electron chi connectivity index (χ0n) is 12.1. The highest BCUT2D eigenvalue weighted by atomic mass is 79.9. The van der Waals surface area contributed by atoms with E-state index in [0.29, 0.717) is 6.04 Å². The van der Waals surface area contributed by atoms with E-state index in [1.54, 1.807) is 0 Å². The molecule has 1 nitrogen and oxygen atoms in total. The maximum absolute atomic E-state index is 14.0. The van der Waals surface area contributed by atoms with Gasteiger partial charge in [-0.3, -0.25) is 0 Å². The Morgan fingerprint density at radius 3 is 2.71 bits per heavy atom. The Bertz CT molecular complexity index is 641. The third-order valence-electron chi connectivity index (χ3n) is 4.26. The predicted octanol–water partition coefficient (Wildman–Crippen LogP) is 4.80. The summed E-state index contributed by atoms with van der Waals surface area (Å²) in [4.78, 5) is 0. The standard InChI is InChI=1S/C18H19BrFN/c1-12(17-9-7-15(19)11-18(17)20)21-16-8-6-13-4-2-3-5-14(13)10-16/h2-5,7,9,11-12,16,21H,6,8,10H2,1H3. The number of fused-ring (bicyclic) bond motifs is 1. The van der Waals surface area contributed by atoms with Crippen molar-refractivity contribution >= 4 is 15.9 Å². The number of hydrogen-bond donors (Lipinski definition) is 1. The molecular weight excluding hydrogens is 329 g/mol. The van der Waals surface area contributed by atoms with Crippen LogP contribution >= 0.6 is 15.9 Å². The molecule has 2 aromatic rings. The maximum atomic E-state index is 14.0. The summed E-state index contributed by atoms with van der Waals surface area (Å²) < 4.78 is 14.8. The Kier molecular flexibility index (Phi) is 4.41. The first kappa shape index (κ1) is 14.7. The van der Waals surface area contributed by atoms with Crippen molar-refractivity contribution in [3.63, 3.8) is 0 Å². The van der Waals surface area contributed by atoms with Crippen molar-refractivity contribution < 1.29 is 4.39 Å². The van der Waals surface area contributed by atoms with Crippen LogP contribution in [0.15, 0.2) is 46.9 Å². The number of aryl methyl sites for hydroxylation is 1. The van der Waals surface area contributed by atoms with Gasteiger partial charge >= 0.3 is 0 Å². The van der Waals surface area contributed by atoms with Crippen LogP contribution in [0.5, 0.6) is 0 Å². The molecule has 0 bridgehead atoms. The lowest BCUT2D eigenvalue weighted by Crippen LogP contribution is -2.36. The molecule has 0 saturated carbocycles.